The molecule has 72 valence electrons. The molecule has 0 radical (unpaired) electrons. The highest BCUT2D eigenvalue weighted by molar-refractivity contribution is 5.75. The largest absolute Gasteiger partial charge is 0.355 e. The van der Waals surface area contributed by atoms with Gasteiger partial charge < -0.3 is 5.32 Å². The molecule has 0 saturated heterocycles. The first-order valence-electron chi connectivity index (χ1n) is 4.77. The predicted molar refractivity (Wildman–Crippen MR) is 54.3 cm³/mol. The van der Waals surface area contributed by atoms with Crippen molar-refractivity contribution in [3.8, 4) is 0 Å². The molecule has 13 heavy (non-hydrogen) atoms. The molecule has 1 atom stereocenters. The van der Waals surface area contributed by atoms with Crippen LogP contribution in [0.15, 0.2) is 24.3 Å². The first-order chi connectivity index (χ1) is 6.16. The van der Waals surface area contributed by atoms with Gasteiger partial charge in [-0.3, -0.25) is 4.79 Å². The maximum atomic E-state index is 11.0. The number of rotatable bonds is 3. The minimum Gasteiger partial charge on any atom is -0.355 e. The standard InChI is InChI=1S/C11H17NO/c1-3-10(13)12-9-11(2)7-5-4-6-8-11/h4-7H,3,8-9H2,1-2H3,(H,12,13). The summed E-state index contributed by atoms with van der Waals surface area (Å²) < 4.78 is 0. The van der Waals surface area contributed by atoms with Gasteiger partial charge in [-0.05, 0) is 6.42 Å². The Balaban J connectivity index is 2.39. The number of allylic oxidation sites excluding steroid dienone is 3. The number of carbonyl (C=O) groups is 1. The number of nitrogens with one attached hydrogen (secondary N) is 1. The molecular formula is C11H17NO. The van der Waals surface area contributed by atoms with E-state index in [1.54, 1.807) is 0 Å². The zero-order valence-electron chi connectivity index (χ0n) is 8.34. The van der Waals surface area contributed by atoms with Crippen LogP contribution in [0.3, 0.4) is 0 Å². The molecule has 0 saturated carbocycles. The SMILES string of the molecule is CCC(=O)NCC1(C)C=CC=CC1. The van der Waals surface area contributed by atoms with Gasteiger partial charge in [0.1, 0.15) is 0 Å². The smallest absolute Gasteiger partial charge is 0.219 e. The molecule has 1 rings (SSSR count). The first-order valence-corrected chi connectivity index (χ1v) is 4.77. The molecule has 0 heterocycles. The highest BCUT2D eigenvalue weighted by Crippen LogP contribution is 2.25. The molecule has 0 aromatic rings. The Kier molecular flexibility index (Phi) is 3.29. The molecule has 2 nitrogen and oxygen atoms in total. The van der Waals surface area contributed by atoms with Crippen molar-refractivity contribution in [1.82, 2.24) is 5.32 Å². The number of hydrogen-bond donors (Lipinski definition) is 1. The lowest BCUT2D eigenvalue weighted by atomic mass is 9.84. The minimum atomic E-state index is 0.111. The molecule has 1 aliphatic rings. The Hall–Kier alpha value is -1.05. The van der Waals surface area contributed by atoms with Crippen molar-refractivity contribution in [3.05, 3.63) is 24.3 Å². The van der Waals surface area contributed by atoms with Crippen LogP contribution in [0.2, 0.25) is 0 Å². The fourth-order valence-corrected chi connectivity index (χ4v) is 1.33. The molecule has 0 aliphatic heterocycles. The Morgan fingerprint density at radius 1 is 1.54 bits per heavy atom. The van der Waals surface area contributed by atoms with Crippen LogP contribution < -0.4 is 5.32 Å². The summed E-state index contributed by atoms with van der Waals surface area (Å²) in [4.78, 5) is 11.0. The van der Waals surface area contributed by atoms with Crippen LogP contribution in [0.4, 0.5) is 0 Å². The maximum Gasteiger partial charge on any atom is 0.219 e. The van der Waals surface area contributed by atoms with Crippen LogP contribution >= 0.6 is 0 Å². The van der Waals surface area contributed by atoms with E-state index in [-0.39, 0.29) is 11.3 Å². The summed E-state index contributed by atoms with van der Waals surface area (Å²) in [5.74, 6) is 0.129. The van der Waals surface area contributed by atoms with Crippen LogP contribution in [-0.2, 0) is 4.79 Å². The van der Waals surface area contributed by atoms with Gasteiger partial charge in [0, 0.05) is 18.4 Å². The topological polar surface area (TPSA) is 29.1 Å². The van der Waals surface area contributed by atoms with Crippen molar-refractivity contribution in [1.29, 1.82) is 0 Å². The first kappa shape index (κ1) is 10.0. The average Bonchev–Trinajstić information content (AvgIpc) is 2.15. The van der Waals surface area contributed by atoms with E-state index < -0.39 is 0 Å². The van der Waals surface area contributed by atoms with Gasteiger partial charge in [0.25, 0.3) is 0 Å². The monoisotopic (exact) mass is 179 g/mol. The fraction of sp³-hybridized carbons (Fsp3) is 0.545. The molecule has 0 fully saturated rings. The normalized spacial score (nSPS) is 26.0. The van der Waals surface area contributed by atoms with Crippen molar-refractivity contribution in [2.24, 2.45) is 5.41 Å². The van der Waals surface area contributed by atoms with Crippen molar-refractivity contribution < 1.29 is 4.79 Å². The number of carbonyl (C=O) groups excluding carboxylic acids is 1. The van der Waals surface area contributed by atoms with E-state index in [1.165, 1.54) is 0 Å². The number of amides is 1. The Morgan fingerprint density at radius 3 is 2.85 bits per heavy atom. The summed E-state index contributed by atoms with van der Waals surface area (Å²) in [6.45, 7) is 4.76. The van der Waals surface area contributed by atoms with Crippen LogP contribution in [-0.4, -0.2) is 12.5 Å². The molecule has 1 amide bonds. The second-order valence-electron chi connectivity index (χ2n) is 3.78. The molecular weight excluding hydrogens is 162 g/mol. The Morgan fingerprint density at radius 2 is 2.31 bits per heavy atom. The molecule has 0 aromatic heterocycles. The van der Waals surface area contributed by atoms with Gasteiger partial charge in [-0.1, -0.05) is 38.2 Å². The van der Waals surface area contributed by atoms with E-state index in [2.05, 4.69) is 24.4 Å². The second kappa shape index (κ2) is 4.26. The predicted octanol–water partition coefficient (Wildman–Crippen LogP) is 2.04. The van der Waals surface area contributed by atoms with E-state index in [9.17, 15) is 4.79 Å². The molecule has 0 aromatic carbocycles. The summed E-state index contributed by atoms with van der Waals surface area (Å²) >= 11 is 0. The highest BCUT2D eigenvalue weighted by atomic mass is 16.1. The van der Waals surface area contributed by atoms with Gasteiger partial charge >= 0.3 is 0 Å². The molecule has 1 N–H and O–H groups in total. The van der Waals surface area contributed by atoms with Crippen molar-refractivity contribution in [2.75, 3.05) is 6.54 Å². The minimum absolute atomic E-state index is 0.111. The maximum absolute atomic E-state index is 11.0. The van der Waals surface area contributed by atoms with Crippen LogP contribution in [0, 0.1) is 5.41 Å². The molecule has 0 bridgehead atoms. The van der Waals surface area contributed by atoms with Crippen molar-refractivity contribution in [3.63, 3.8) is 0 Å². The van der Waals surface area contributed by atoms with E-state index in [0.29, 0.717) is 6.42 Å². The zero-order chi connectivity index (χ0) is 9.73. The van der Waals surface area contributed by atoms with E-state index >= 15 is 0 Å². The van der Waals surface area contributed by atoms with Crippen LogP contribution in [0.1, 0.15) is 26.7 Å². The quantitative estimate of drug-likeness (QED) is 0.705. The fourth-order valence-electron chi connectivity index (χ4n) is 1.33. The van der Waals surface area contributed by atoms with Crippen LogP contribution in [0.25, 0.3) is 0 Å². The summed E-state index contributed by atoms with van der Waals surface area (Å²) in [6.07, 6.45) is 9.95. The Bertz CT molecular complexity index is 242. The third-order valence-corrected chi connectivity index (χ3v) is 2.34. The van der Waals surface area contributed by atoms with E-state index in [4.69, 9.17) is 0 Å². The van der Waals surface area contributed by atoms with Gasteiger partial charge in [-0.15, -0.1) is 0 Å². The third kappa shape index (κ3) is 3.05. The highest BCUT2D eigenvalue weighted by Gasteiger charge is 2.20. The van der Waals surface area contributed by atoms with Crippen LogP contribution in [0.5, 0.6) is 0 Å². The summed E-state index contributed by atoms with van der Waals surface area (Å²) in [5, 5.41) is 2.92. The molecule has 2 heteroatoms. The summed E-state index contributed by atoms with van der Waals surface area (Å²) in [6, 6.07) is 0. The number of hydrogen-bond acceptors (Lipinski definition) is 1. The lowest BCUT2D eigenvalue weighted by molar-refractivity contribution is -0.121. The summed E-state index contributed by atoms with van der Waals surface area (Å²) in [7, 11) is 0. The third-order valence-electron chi connectivity index (χ3n) is 2.34. The zero-order valence-corrected chi connectivity index (χ0v) is 8.34. The van der Waals surface area contributed by atoms with E-state index in [0.717, 1.165) is 13.0 Å². The lowest BCUT2D eigenvalue weighted by Gasteiger charge is -2.26. The Labute approximate surface area is 79.7 Å². The van der Waals surface area contributed by atoms with Gasteiger partial charge in [-0.2, -0.15) is 0 Å². The van der Waals surface area contributed by atoms with Crippen molar-refractivity contribution in [2.45, 2.75) is 26.7 Å². The molecule has 1 unspecified atom stereocenters. The second-order valence-corrected chi connectivity index (χ2v) is 3.78. The van der Waals surface area contributed by atoms with Gasteiger partial charge in [-0.25, -0.2) is 0 Å². The van der Waals surface area contributed by atoms with Gasteiger partial charge in [0.05, 0.1) is 0 Å². The summed E-state index contributed by atoms with van der Waals surface area (Å²) in [5.41, 5.74) is 0.111. The van der Waals surface area contributed by atoms with E-state index in [1.807, 2.05) is 19.1 Å². The average molecular weight is 179 g/mol. The van der Waals surface area contributed by atoms with Gasteiger partial charge in [0.15, 0.2) is 0 Å². The molecule has 1 aliphatic carbocycles. The molecule has 0 spiro atoms. The van der Waals surface area contributed by atoms with Crippen molar-refractivity contribution >= 4 is 5.91 Å². The lowest BCUT2D eigenvalue weighted by Crippen LogP contribution is -2.34. The van der Waals surface area contributed by atoms with Gasteiger partial charge in [0.2, 0.25) is 5.91 Å².